The third-order valence-corrected chi connectivity index (χ3v) is 2.47. The average Bonchev–Trinajstić information content (AvgIpc) is 2.47. The summed E-state index contributed by atoms with van der Waals surface area (Å²) in [4.78, 5) is 0. The summed E-state index contributed by atoms with van der Waals surface area (Å²) in [5, 5.41) is 7.93. The van der Waals surface area contributed by atoms with Gasteiger partial charge in [0.2, 0.25) is 5.28 Å². The summed E-state index contributed by atoms with van der Waals surface area (Å²) < 4.78 is 1.89. The van der Waals surface area contributed by atoms with Crippen LogP contribution in [0, 0.1) is 5.92 Å². The maximum Gasteiger partial charge on any atom is 0.224 e. The lowest BCUT2D eigenvalue weighted by Crippen LogP contribution is -2.08. The normalized spacial score (nSPS) is 11.0. The Kier molecular flexibility index (Phi) is 3.53. The number of nitrogens with zero attached hydrogens (tertiary/aromatic N) is 3. The van der Waals surface area contributed by atoms with E-state index in [1.54, 1.807) is 6.33 Å². The molecule has 0 saturated heterocycles. The maximum absolute atomic E-state index is 5.79. The van der Waals surface area contributed by atoms with Crippen LogP contribution in [0.2, 0.25) is 5.28 Å². The lowest BCUT2D eigenvalue weighted by atomic mass is 10.0. The van der Waals surface area contributed by atoms with Crippen molar-refractivity contribution in [1.29, 1.82) is 0 Å². The molecule has 0 bridgehead atoms. The minimum absolute atomic E-state index is 0.488. The molecule has 0 aliphatic rings. The van der Waals surface area contributed by atoms with E-state index in [2.05, 4.69) is 24.0 Å². The molecule has 0 atom stereocenters. The molecule has 0 aliphatic carbocycles. The highest BCUT2D eigenvalue weighted by Crippen LogP contribution is 2.13. The molecule has 68 valence electrons. The van der Waals surface area contributed by atoms with Gasteiger partial charge in [0, 0.05) is 6.54 Å². The SMILES string of the molecule is CCC(CC)Cn1cnnc1Cl. The summed E-state index contributed by atoms with van der Waals surface area (Å²) in [7, 11) is 0. The van der Waals surface area contributed by atoms with E-state index in [4.69, 9.17) is 11.6 Å². The standard InChI is InChI=1S/C8H14ClN3/c1-3-7(4-2)5-12-6-10-11-8(12)9/h6-7H,3-5H2,1-2H3. The van der Waals surface area contributed by atoms with Gasteiger partial charge in [-0.05, 0) is 17.5 Å². The number of hydrogen-bond donors (Lipinski definition) is 0. The van der Waals surface area contributed by atoms with Crippen LogP contribution in [0.4, 0.5) is 0 Å². The topological polar surface area (TPSA) is 30.7 Å². The van der Waals surface area contributed by atoms with Crippen molar-refractivity contribution >= 4 is 11.6 Å². The fourth-order valence-corrected chi connectivity index (χ4v) is 1.34. The van der Waals surface area contributed by atoms with Gasteiger partial charge in [-0.3, -0.25) is 0 Å². The molecule has 0 aliphatic heterocycles. The van der Waals surface area contributed by atoms with Gasteiger partial charge in [0.1, 0.15) is 6.33 Å². The first-order valence-corrected chi connectivity index (χ1v) is 4.69. The molecule has 0 amide bonds. The van der Waals surface area contributed by atoms with Crippen LogP contribution in [0.1, 0.15) is 26.7 Å². The van der Waals surface area contributed by atoms with Crippen molar-refractivity contribution in [3.63, 3.8) is 0 Å². The Morgan fingerprint density at radius 2 is 2.17 bits per heavy atom. The largest absolute Gasteiger partial charge is 0.304 e. The molecule has 1 rings (SSSR count). The molecular weight excluding hydrogens is 174 g/mol. The van der Waals surface area contributed by atoms with Crippen LogP contribution in [0.5, 0.6) is 0 Å². The minimum atomic E-state index is 0.488. The minimum Gasteiger partial charge on any atom is -0.304 e. The summed E-state index contributed by atoms with van der Waals surface area (Å²) in [6, 6.07) is 0. The number of rotatable bonds is 4. The van der Waals surface area contributed by atoms with Gasteiger partial charge in [0.15, 0.2) is 0 Å². The smallest absolute Gasteiger partial charge is 0.224 e. The first kappa shape index (κ1) is 9.52. The molecule has 0 unspecified atom stereocenters. The fraction of sp³-hybridized carbons (Fsp3) is 0.750. The molecule has 12 heavy (non-hydrogen) atoms. The van der Waals surface area contributed by atoms with Crippen LogP contribution in [0.15, 0.2) is 6.33 Å². The van der Waals surface area contributed by atoms with Crippen molar-refractivity contribution in [3.05, 3.63) is 11.6 Å². The molecule has 4 heteroatoms. The predicted molar refractivity (Wildman–Crippen MR) is 49.1 cm³/mol. The van der Waals surface area contributed by atoms with Gasteiger partial charge in [-0.15, -0.1) is 10.2 Å². The molecule has 0 radical (unpaired) electrons. The first-order chi connectivity index (χ1) is 5.77. The molecule has 1 aromatic heterocycles. The number of aromatic nitrogens is 3. The number of hydrogen-bond acceptors (Lipinski definition) is 2. The average molecular weight is 188 g/mol. The van der Waals surface area contributed by atoms with E-state index in [1.165, 1.54) is 12.8 Å². The zero-order valence-corrected chi connectivity index (χ0v) is 8.25. The quantitative estimate of drug-likeness (QED) is 0.725. The van der Waals surface area contributed by atoms with E-state index < -0.39 is 0 Å². The Bertz CT molecular complexity index is 230. The van der Waals surface area contributed by atoms with E-state index in [0.29, 0.717) is 11.2 Å². The Hall–Kier alpha value is -0.570. The Morgan fingerprint density at radius 1 is 1.50 bits per heavy atom. The summed E-state index contributed by atoms with van der Waals surface area (Å²) in [5.74, 6) is 0.679. The predicted octanol–water partition coefficient (Wildman–Crippen LogP) is 2.37. The summed E-state index contributed by atoms with van der Waals surface area (Å²) in [6.45, 7) is 5.30. The van der Waals surface area contributed by atoms with Crippen molar-refractivity contribution in [3.8, 4) is 0 Å². The van der Waals surface area contributed by atoms with Crippen molar-refractivity contribution in [2.24, 2.45) is 5.92 Å². The van der Waals surface area contributed by atoms with E-state index in [-0.39, 0.29) is 0 Å². The maximum atomic E-state index is 5.79. The van der Waals surface area contributed by atoms with Crippen LogP contribution in [-0.4, -0.2) is 14.8 Å². The third kappa shape index (κ3) is 2.21. The van der Waals surface area contributed by atoms with Crippen LogP contribution < -0.4 is 0 Å². The Balaban J connectivity index is 2.56. The van der Waals surface area contributed by atoms with Crippen molar-refractivity contribution in [1.82, 2.24) is 14.8 Å². The summed E-state index contributed by atoms with van der Waals surface area (Å²) in [6.07, 6.45) is 4.02. The van der Waals surface area contributed by atoms with Crippen molar-refractivity contribution in [2.75, 3.05) is 0 Å². The van der Waals surface area contributed by atoms with E-state index >= 15 is 0 Å². The van der Waals surface area contributed by atoms with Gasteiger partial charge in [-0.25, -0.2) is 0 Å². The molecule has 0 spiro atoms. The zero-order valence-electron chi connectivity index (χ0n) is 7.50. The number of halogens is 1. The second-order valence-corrected chi connectivity index (χ2v) is 3.27. The van der Waals surface area contributed by atoms with Gasteiger partial charge in [0.05, 0.1) is 0 Å². The Labute approximate surface area is 77.8 Å². The monoisotopic (exact) mass is 187 g/mol. The molecule has 0 fully saturated rings. The highest BCUT2D eigenvalue weighted by atomic mass is 35.5. The second kappa shape index (κ2) is 4.45. The first-order valence-electron chi connectivity index (χ1n) is 4.31. The van der Waals surface area contributed by atoms with Gasteiger partial charge in [0.25, 0.3) is 0 Å². The van der Waals surface area contributed by atoms with Crippen LogP contribution >= 0.6 is 11.6 Å². The van der Waals surface area contributed by atoms with E-state index in [0.717, 1.165) is 6.54 Å². The molecule has 1 heterocycles. The van der Waals surface area contributed by atoms with Crippen LogP contribution in [0.3, 0.4) is 0 Å². The summed E-state index contributed by atoms with van der Waals surface area (Å²) in [5.41, 5.74) is 0. The molecular formula is C8H14ClN3. The molecule has 1 aromatic rings. The Morgan fingerprint density at radius 3 is 2.58 bits per heavy atom. The zero-order chi connectivity index (χ0) is 8.97. The highest BCUT2D eigenvalue weighted by Gasteiger charge is 2.07. The summed E-state index contributed by atoms with van der Waals surface area (Å²) >= 11 is 5.79. The molecule has 0 N–H and O–H groups in total. The third-order valence-electron chi connectivity index (χ3n) is 2.18. The molecule has 0 aromatic carbocycles. The second-order valence-electron chi connectivity index (χ2n) is 2.93. The van der Waals surface area contributed by atoms with Gasteiger partial charge >= 0.3 is 0 Å². The van der Waals surface area contributed by atoms with Gasteiger partial charge < -0.3 is 4.57 Å². The lowest BCUT2D eigenvalue weighted by Gasteiger charge is -2.12. The van der Waals surface area contributed by atoms with E-state index in [1.807, 2.05) is 4.57 Å². The van der Waals surface area contributed by atoms with Crippen LogP contribution in [0.25, 0.3) is 0 Å². The highest BCUT2D eigenvalue weighted by molar-refractivity contribution is 6.28. The lowest BCUT2D eigenvalue weighted by molar-refractivity contribution is 0.418. The van der Waals surface area contributed by atoms with E-state index in [9.17, 15) is 0 Å². The fourth-order valence-electron chi connectivity index (χ4n) is 1.19. The van der Waals surface area contributed by atoms with Gasteiger partial charge in [-0.2, -0.15) is 0 Å². The van der Waals surface area contributed by atoms with Gasteiger partial charge in [-0.1, -0.05) is 26.7 Å². The molecule has 3 nitrogen and oxygen atoms in total. The molecule has 0 saturated carbocycles. The van der Waals surface area contributed by atoms with Crippen LogP contribution in [-0.2, 0) is 6.54 Å². The van der Waals surface area contributed by atoms with Crippen molar-refractivity contribution < 1.29 is 0 Å². The van der Waals surface area contributed by atoms with Crippen molar-refractivity contribution in [2.45, 2.75) is 33.2 Å².